The molecule has 3 saturated heterocycles. The lowest BCUT2D eigenvalue weighted by molar-refractivity contribution is -0.0336. The van der Waals surface area contributed by atoms with E-state index in [1.807, 2.05) is 48.5 Å². The number of phenols is 1. The molecule has 3 aromatic carbocycles. The molecule has 14 nitrogen and oxygen atoms in total. The summed E-state index contributed by atoms with van der Waals surface area (Å²) in [7, 11) is 0. The fourth-order valence-electron chi connectivity index (χ4n) is 7.23. The third kappa shape index (κ3) is 9.52. The molecule has 0 radical (unpaired) electrons. The highest BCUT2D eigenvalue weighted by Gasteiger charge is 2.37. The Kier molecular flexibility index (Phi) is 12.1. The lowest BCUT2D eigenvalue weighted by Gasteiger charge is -2.43. The number of aliphatic hydroxyl groups excluding tert-OH is 1. The predicted octanol–water partition coefficient (Wildman–Crippen LogP) is 4.97. The van der Waals surface area contributed by atoms with Gasteiger partial charge in [-0.2, -0.15) is 0 Å². The lowest BCUT2D eigenvalue weighted by atomic mass is 9.86. The van der Waals surface area contributed by atoms with Crippen LogP contribution < -0.4 is 20.9 Å². The van der Waals surface area contributed by atoms with Crippen LogP contribution in [0.4, 0.5) is 4.79 Å². The molecule has 3 aliphatic rings. The number of H-pyrrole nitrogens is 1. The van der Waals surface area contributed by atoms with E-state index in [2.05, 4.69) is 25.5 Å². The van der Waals surface area contributed by atoms with Gasteiger partial charge in [-0.15, -0.1) is 0 Å². The number of benzene rings is 3. The second kappa shape index (κ2) is 17.6. The van der Waals surface area contributed by atoms with Crippen LogP contribution in [0, 0.1) is 5.92 Å². The summed E-state index contributed by atoms with van der Waals surface area (Å²) in [5.41, 5.74) is 2.26. The number of carbonyl (C=O) groups excluding carboxylic acids is 2. The number of hydrogen-bond acceptors (Lipinski definition) is 12. The van der Waals surface area contributed by atoms with Crippen molar-refractivity contribution >= 4 is 23.0 Å². The SMILES string of the molecule is O=C(NC(c1ccccc1)c1cccc(OCc2nc(C(=O)OCCCCNCC(O)c3ccc(O)c4[nH]c(=O)ccc34)co2)c1)OC1CN2CCC1CC2. The summed E-state index contributed by atoms with van der Waals surface area (Å²) < 4.78 is 22.8. The summed E-state index contributed by atoms with van der Waals surface area (Å²) in [4.78, 5) is 46.6. The molecular weight excluding hydrogens is 706 g/mol. The van der Waals surface area contributed by atoms with Crippen LogP contribution in [0.3, 0.4) is 0 Å². The Bertz CT molecular complexity index is 2130. The molecule has 8 rings (SSSR count). The standard InChI is InChI=1S/C41H45N5O9/c47-33-13-11-30(31-12-14-36(49)44-39(31)33)34(48)22-42-17-4-5-20-52-40(50)32-24-54-37(43-32)25-53-29-10-6-9-28(21-29)38(27-7-2-1-3-8-27)45-41(51)55-35-23-46-18-15-26(35)16-19-46/h1-3,6-14,21,24,26,34-35,38,42,47-48H,4-5,15-20,22-23,25H2,(H,44,49)(H,45,51). The normalized spacial score (nSPS) is 18.7. The first-order valence-corrected chi connectivity index (χ1v) is 18.6. The Morgan fingerprint density at radius 2 is 1.82 bits per heavy atom. The molecule has 3 unspecified atom stereocenters. The van der Waals surface area contributed by atoms with Crippen molar-refractivity contribution in [1.29, 1.82) is 0 Å². The molecule has 5 aromatic rings. The molecule has 3 atom stereocenters. The zero-order valence-corrected chi connectivity index (χ0v) is 30.3. The van der Waals surface area contributed by atoms with Gasteiger partial charge in [0.1, 0.15) is 23.9 Å². The molecule has 55 heavy (non-hydrogen) atoms. The monoisotopic (exact) mass is 751 g/mol. The maximum atomic E-state index is 13.2. The minimum atomic E-state index is -0.861. The fraction of sp³-hybridized carbons (Fsp3) is 0.366. The Morgan fingerprint density at radius 3 is 2.62 bits per heavy atom. The van der Waals surface area contributed by atoms with Gasteiger partial charge in [0, 0.05) is 24.5 Å². The number of nitrogens with one attached hydrogen (secondary N) is 3. The minimum absolute atomic E-state index is 0.0306. The number of alkyl carbamates (subject to hydrolysis) is 1. The molecule has 0 saturated carbocycles. The van der Waals surface area contributed by atoms with Crippen LogP contribution >= 0.6 is 0 Å². The number of unbranched alkanes of at least 4 members (excludes halogenated alkanes) is 1. The molecule has 5 N–H and O–H groups in total. The quantitative estimate of drug-likeness (QED) is 0.0674. The molecule has 2 bridgehead atoms. The fourth-order valence-corrected chi connectivity index (χ4v) is 7.23. The van der Waals surface area contributed by atoms with E-state index < -0.39 is 24.2 Å². The minimum Gasteiger partial charge on any atom is -0.506 e. The summed E-state index contributed by atoms with van der Waals surface area (Å²) in [5.74, 6) is 0.455. The zero-order chi connectivity index (χ0) is 38.1. The molecule has 14 heteroatoms. The maximum absolute atomic E-state index is 13.2. The molecule has 288 valence electrons. The number of hydrogen-bond donors (Lipinski definition) is 5. The van der Waals surface area contributed by atoms with Gasteiger partial charge >= 0.3 is 12.1 Å². The van der Waals surface area contributed by atoms with Crippen LogP contribution in [0.5, 0.6) is 11.5 Å². The van der Waals surface area contributed by atoms with Crippen molar-refractivity contribution in [2.24, 2.45) is 5.92 Å². The molecule has 0 spiro atoms. The van der Waals surface area contributed by atoms with E-state index in [1.54, 1.807) is 18.2 Å². The highest BCUT2D eigenvalue weighted by molar-refractivity contribution is 5.87. The molecule has 3 fully saturated rings. The predicted molar refractivity (Wildman–Crippen MR) is 202 cm³/mol. The van der Waals surface area contributed by atoms with Crippen molar-refractivity contribution in [3.05, 3.63) is 124 Å². The van der Waals surface area contributed by atoms with Gasteiger partial charge in [-0.05, 0) is 92.2 Å². The van der Waals surface area contributed by atoms with Gasteiger partial charge < -0.3 is 44.5 Å². The number of nitrogens with zero attached hydrogens (tertiary/aromatic N) is 2. The van der Waals surface area contributed by atoms with Gasteiger partial charge in [-0.3, -0.25) is 9.69 Å². The van der Waals surface area contributed by atoms with Gasteiger partial charge in [-0.1, -0.05) is 48.5 Å². The van der Waals surface area contributed by atoms with E-state index in [0.29, 0.717) is 42.0 Å². The molecule has 3 aliphatic heterocycles. The Hall–Kier alpha value is -5.70. The van der Waals surface area contributed by atoms with Crippen molar-refractivity contribution in [2.45, 2.75) is 50.5 Å². The van der Waals surface area contributed by atoms with E-state index >= 15 is 0 Å². The molecule has 0 aliphatic carbocycles. The second-order valence-electron chi connectivity index (χ2n) is 13.9. The van der Waals surface area contributed by atoms with Crippen molar-refractivity contribution in [2.75, 3.05) is 39.3 Å². The van der Waals surface area contributed by atoms with Crippen molar-refractivity contribution in [3.63, 3.8) is 0 Å². The van der Waals surface area contributed by atoms with Gasteiger partial charge in [0.05, 0.1) is 24.3 Å². The number of rotatable bonds is 16. The number of aromatic amines is 1. The molecular formula is C41H45N5O9. The van der Waals surface area contributed by atoms with Gasteiger partial charge in [0.2, 0.25) is 11.4 Å². The number of aromatic hydroxyl groups is 1. The number of amides is 1. The Labute approximate surface area is 317 Å². The molecule has 1 amide bonds. The first-order chi connectivity index (χ1) is 26.8. The zero-order valence-electron chi connectivity index (χ0n) is 30.3. The van der Waals surface area contributed by atoms with Gasteiger partial charge in [0.15, 0.2) is 12.3 Å². The summed E-state index contributed by atoms with van der Waals surface area (Å²) in [6.07, 6.45) is 3.18. The summed E-state index contributed by atoms with van der Waals surface area (Å²) >= 11 is 0. The summed E-state index contributed by atoms with van der Waals surface area (Å²) in [6, 6.07) is 22.6. The number of ether oxygens (including phenoxy) is 3. The summed E-state index contributed by atoms with van der Waals surface area (Å²) in [6.45, 7) is 3.87. The third-order valence-electron chi connectivity index (χ3n) is 10.1. The van der Waals surface area contributed by atoms with Crippen LogP contribution in [-0.2, 0) is 16.1 Å². The maximum Gasteiger partial charge on any atom is 0.408 e. The number of aliphatic hydroxyl groups is 1. The number of phenolic OH excluding ortho intramolecular Hbond substituents is 1. The average molecular weight is 752 g/mol. The van der Waals surface area contributed by atoms with Crippen LogP contribution in [-0.4, -0.2) is 82.6 Å². The van der Waals surface area contributed by atoms with E-state index in [9.17, 15) is 24.6 Å². The van der Waals surface area contributed by atoms with Crippen LogP contribution in [0.15, 0.2) is 94.3 Å². The van der Waals surface area contributed by atoms with E-state index in [-0.39, 0.29) is 54.3 Å². The topological polar surface area (TPSA) is 188 Å². The number of carbonyl (C=O) groups is 2. The van der Waals surface area contributed by atoms with Crippen LogP contribution in [0.25, 0.3) is 10.9 Å². The highest BCUT2D eigenvalue weighted by Crippen LogP contribution is 2.31. The first-order valence-electron chi connectivity index (χ1n) is 18.6. The highest BCUT2D eigenvalue weighted by atomic mass is 16.6. The number of oxazole rings is 1. The van der Waals surface area contributed by atoms with Crippen molar-refractivity contribution < 1.29 is 38.4 Å². The number of pyridine rings is 1. The lowest BCUT2D eigenvalue weighted by Crippen LogP contribution is -2.52. The van der Waals surface area contributed by atoms with Crippen molar-refractivity contribution in [3.8, 4) is 11.5 Å². The Balaban J connectivity index is 0.849. The van der Waals surface area contributed by atoms with Crippen LogP contribution in [0.2, 0.25) is 0 Å². The molecule has 5 heterocycles. The van der Waals surface area contributed by atoms with E-state index in [1.165, 1.54) is 18.4 Å². The average Bonchev–Trinajstić information content (AvgIpc) is 3.69. The Morgan fingerprint density at radius 1 is 1.00 bits per heavy atom. The number of piperidine rings is 3. The largest absolute Gasteiger partial charge is 0.506 e. The second-order valence-corrected chi connectivity index (χ2v) is 13.9. The van der Waals surface area contributed by atoms with Crippen LogP contribution in [0.1, 0.15) is 70.9 Å². The smallest absolute Gasteiger partial charge is 0.408 e. The third-order valence-corrected chi connectivity index (χ3v) is 10.1. The van der Waals surface area contributed by atoms with Gasteiger partial charge in [-0.25, -0.2) is 14.6 Å². The van der Waals surface area contributed by atoms with E-state index in [4.69, 9.17) is 18.6 Å². The van der Waals surface area contributed by atoms with Crippen molar-refractivity contribution in [1.82, 2.24) is 25.5 Å². The van der Waals surface area contributed by atoms with E-state index in [0.717, 1.165) is 43.6 Å². The number of aromatic nitrogens is 2. The number of fused-ring (bicyclic) bond motifs is 4. The van der Waals surface area contributed by atoms with Gasteiger partial charge in [0.25, 0.3) is 0 Å². The summed E-state index contributed by atoms with van der Waals surface area (Å²) in [5, 5.41) is 27.6. The first kappa shape index (κ1) is 37.6. The number of esters is 1. The molecule has 2 aromatic heterocycles.